The van der Waals surface area contributed by atoms with Gasteiger partial charge in [0, 0.05) is 19.1 Å². The average molecular weight is 343 g/mol. The Balaban J connectivity index is 0.00000220. The van der Waals surface area contributed by atoms with E-state index in [9.17, 15) is 17.2 Å². The van der Waals surface area contributed by atoms with Crippen molar-refractivity contribution in [2.75, 3.05) is 13.1 Å². The molecule has 120 valence electrons. The maximum Gasteiger partial charge on any atom is 0.387 e. The summed E-state index contributed by atoms with van der Waals surface area (Å²) in [5.41, 5.74) is 5.76. The van der Waals surface area contributed by atoms with E-state index in [-0.39, 0.29) is 35.6 Å². The van der Waals surface area contributed by atoms with Crippen LogP contribution in [-0.4, -0.2) is 38.5 Å². The highest BCUT2D eigenvalue weighted by Gasteiger charge is 2.31. The molecule has 1 aromatic carbocycles. The number of nitrogens with zero attached hydrogens (tertiary/aromatic N) is 1. The van der Waals surface area contributed by atoms with Crippen LogP contribution in [0.5, 0.6) is 5.75 Å². The Morgan fingerprint density at radius 1 is 1.33 bits per heavy atom. The van der Waals surface area contributed by atoms with Crippen LogP contribution in [0.1, 0.15) is 12.8 Å². The van der Waals surface area contributed by atoms with Gasteiger partial charge in [-0.05, 0) is 25.0 Å². The van der Waals surface area contributed by atoms with Gasteiger partial charge in [-0.1, -0.05) is 12.1 Å². The molecule has 0 spiro atoms. The summed E-state index contributed by atoms with van der Waals surface area (Å²) >= 11 is 0. The van der Waals surface area contributed by atoms with Gasteiger partial charge in [-0.15, -0.1) is 12.4 Å². The van der Waals surface area contributed by atoms with Gasteiger partial charge in [0.25, 0.3) is 0 Å². The number of rotatable bonds is 4. The Hall–Kier alpha value is -0.960. The molecule has 1 atom stereocenters. The fourth-order valence-electron chi connectivity index (χ4n) is 2.19. The first kappa shape index (κ1) is 18.1. The Kier molecular flexibility index (Phi) is 6.33. The summed E-state index contributed by atoms with van der Waals surface area (Å²) in [6.45, 7) is -2.56. The van der Waals surface area contributed by atoms with Gasteiger partial charge in [0.15, 0.2) is 0 Å². The van der Waals surface area contributed by atoms with Crippen molar-refractivity contribution in [1.82, 2.24) is 4.31 Å². The van der Waals surface area contributed by atoms with Gasteiger partial charge < -0.3 is 10.5 Å². The van der Waals surface area contributed by atoms with Crippen molar-refractivity contribution in [3.05, 3.63) is 24.3 Å². The first-order valence-corrected chi connectivity index (χ1v) is 7.65. The van der Waals surface area contributed by atoms with E-state index in [1.807, 2.05) is 0 Å². The fourth-order valence-corrected chi connectivity index (χ4v) is 3.84. The summed E-state index contributed by atoms with van der Waals surface area (Å²) in [5.74, 6) is -0.346. The van der Waals surface area contributed by atoms with E-state index in [2.05, 4.69) is 4.74 Å². The molecule has 0 radical (unpaired) electrons. The highest BCUT2D eigenvalue weighted by Crippen LogP contribution is 2.29. The minimum absolute atomic E-state index is 0. The van der Waals surface area contributed by atoms with E-state index in [0.29, 0.717) is 13.0 Å². The summed E-state index contributed by atoms with van der Waals surface area (Å²) in [4.78, 5) is -0.255. The van der Waals surface area contributed by atoms with Crippen molar-refractivity contribution < 1.29 is 21.9 Å². The molecule has 1 aliphatic heterocycles. The number of nitrogens with two attached hydrogens (primary N) is 1. The van der Waals surface area contributed by atoms with Crippen LogP contribution in [-0.2, 0) is 10.0 Å². The Bertz CT molecular complexity index is 571. The quantitative estimate of drug-likeness (QED) is 0.906. The van der Waals surface area contributed by atoms with Gasteiger partial charge in [0.2, 0.25) is 10.0 Å². The molecule has 1 heterocycles. The number of ether oxygens (including phenoxy) is 1. The topological polar surface area (TPSA) is 72.6 Å². The summed E-state index contributed by atoms with van der Waals surface area (Å²) in [7, 11) is -3.88. The fraction of sp³-hybridized carbons (Fsp3) is 0.500. The molecule has 5 nitrogen and oxygen atoms in total. The minimum atomic E-state index is -3.88. The Morgan fingerprint density at radius 3 is 2.62 bits per heavy atom. The molecule has 0 aliphatic carbocycles. The molecule has 1 aromatic rings. The van der Waals surface area contributed by atoms with Crippen LogP contribution in [0.15, 0.2) is 29.2 Å². The van der Waals surface area contributed by atoms with E-state index in [1.54, 1.807) is 0 Å². The molecular weight excluding hydrogens is 326 g/mol. The zero-order valence-corrected chi connectivity index (χ0v) is 12.7. The van der Waals surface area contributed by atoms with E-state index in [0.717, 1.165) is 6.42 Å². The molecule has 0 aromatic heterocycles. The highest BCUT2D eigenvalue weighted by atomic mass is 35.5. The molecule has 1 aliphatic rings. The van der Waals surface area contributed by atoms with Crippen molar-refractivity contribution in [3.63, 3.8) is 0 Å². The van der Waals surface area contributed by atoms with Gasteiger partial charge >= 0.3 is 6.61 Å². The van der Waals surface area contributed by atoms with Crippen LogP contribution in [0, 0.1) is 0 Å². The lowest BCUT2D eigenvalue weighted by atomic mass is 10.1. The smallest absolute Gasteiger partial charge is 0.387 e. The predicted octanol–water partition coefficient (Wildman–Crippen LogP) is 1.82. The lowest BCUT2D eigenvalue weighted by Gasteiger charge is -2.30. The molecule has 9 heteroatoms. The number of piperidine rings is 1. The molecule has 2 rings (SSSR count). The summed E-state index contributed by atoms with van der Waals surface area (Å²) in [6, 6.07) is 5.14. The van der Waals surface area contributed by atoms with Crippen molar-refractivity contribution in [2.45, 2.75) is 30.4 Å². The predicted molar refractivity (Wildman–Crippen MR) is 76.3 cm³/mol. The van der Waals surface area contributed by atoms with Crippen LogP contribution in [0.3, 0.4) is 0 Å². The molecule has 1 unspecified atom stereocenters. The SMILES string of the molecule is Cl.NC1CCCN(S(=O)(=O)c2ccccc2OC(F)F)C1. The molecule has 2 N–H and O–H groups in total. The Labute approximate surface area is 128 Å². The van der Waals surface area contributed by atoms with Gasteiger partial charge in [0.05, 0.1) is 0 Å². The van der Waals surface area contributed by atoms with E-state index in [4.69, 9.17) is 5.73 Å². The van der Waals surface area contributed by atoms with Crippen molar-refractivity contribution in [3.8, 4) is 5.75 Å². The first-order chi connectivity index (χ1) is 9.41. The number of halogens is 3. The third-order valence-electron chi connectivity index (χ3n) is 3.10. The number of alkyl halides is 2. The van der Waals surface area contributed by atoms with E-state index < -0.39 is 16.6 Å². The van der Waals surface area contributed by atoms with Gasteiger partial charge in [-0.25, -0.2) is 8.42 Å². The second-order valence-electron chi connectivity index (χ2n) is 4.59. The lowest BCUT2D eigenvalue weighted by Crippen LogP contribution is -2.45. The second-order valence-corrected chi connectivity index (χ2v) is 6.50. The minimum Gasteiger partial charge on any atom is -0.433 e. The number of hydrogen-bond acceptors (Lipinski definition) is 4. The maximum atomic E-state index is 12.5. The summed E-state index contributed by atoms with van der Waals surface area (Å²) in [5, 5.41) is 0. The highest BCUT2D eigenvalue weighted by molar-refractivity contribution is 7.89. The zero-order valence-electron chi connectivity index (χ0n) is 11.1. The van der Waals surface area contributed by atoms with Gasteiger partial charge in [0.1, 0.15) is 10.6 Å². The second kappa shape index (κ2) is 7.35. The van der Waals surface area contributed by atoms with E-state index >= 15 is 0 Å². The third-order valence-corrected chi connectivity index (χ3v) is 5.01. The van der Waals surface area contributed by atoms with Gasteiger partial charge in [-0.2, -0.15) is 13.1 Å². The number of benzene rings is 1. The molecule has 1 saturated heterocycles. The third kappa shape index (κ3) is 4.26. The number of sulfonamides is 1. The van der Waals surface area contributed by atoms with Crippen LogP contribution < -0.4 is 10.5 Å². The number of para-hydroxylation sites is 1. The normalized spacial score (nSPS) is 20.1. The zero-order chi connectivity index (χ0) is 14.8. The van der Waals surface area contributed by atoms with E-state index in [1.165, 1.54) is 28.6 Å². The van der Waals surface area contributed by atoms with Crippen LogP contribution >= 0.6 is 12.4 Å². The first-order valence-electron chi connectivity index (χ1n) is 6.21. The standard InChI is InChI=1S/C12H16F2N2O3S.ClH/c13-12(14)19-10-5-1-2-6-11(10)20(17,18)16-7-3-4-9(15)8-16;/h1-2,5-6,9,12H,3-4,7-8,15H2;1H. The lowest BCUT2D eigenvalue weighted by molar-refractivity contribution is -0.0518. The van der Waals surface area contributed by atoms with Crippen LogP contribution in [0.2, 0.25) is 0 Å². The van der Waals surface area contributed by atoms with Gasteiger partial charge in [-0.3, -0.25) is 0 Å². The van der Waals surface area contributed by atoms with Crippen LogP contribution in [0.4, 0.5) is 8.78 Å². The Morgan fingerprint density at radius 2 is 2.00 bits per heavy atom. The molecule has 0 saturated carbocycles. The molecule has 1 fully saturated rings. The van der Waals surface area contributed by atoms with Crippen molar-refractivity contribution in [2.24, 2.45) is 5.73 Å². The van der Waals surface area contributed by atoms with Crippen molar-refractivity contribution in [1.29, 1.82) is 0 Å². The largest absolute Gasteiger partial charge is 0.433 e. The molecule has 0 bridgehead atoms. The number of hydrogen-bond donors (Lipinski definition) is 1. The molecule has 21 heavy (non-hydrogen) atoms. The monoisotopic (exact) mass is 342 g/mol. The summed E-state index contributed by atoms with van der Waals surface area (Å²) < 4.78 is 55.1. The average Bonchev–Trinajstić information content (AvgIpc) is 2.38. The molecule has 0 amide bonds. The summed E-state index contributed by atoms with van der Waals surface area (Å²) in [6.07, 6.45) is 1.40. The maximum absolute atomic E-state index is 12.5. The van der Waals surface area contributed by atoms with Crippen LogP contribution in [0.25, 0.3) is 0 Å². The van der Waals surface area contributed by atoms with Crippen molar-refractivity contribution >= 4 is 22.4 Å². The molecular formula is C12H17ClF2N2O3S.